The molecule has 0 aromatic carbocycles. The summed E-state index contributed by atoms with van der Waals surface area (Å²) in [6.07, 6.45) is 106. The molecule has 0 bridgehead atoms. The van der Waals surface area contributed by atoms with Crippen molar-refractivity contribution in [2.24, 2.45) is 0 Å². The fourth-order valence-electron chi connectivity index (χ4n) is 12.1. The molecule has 2 unspecified atom stereocenters. The van der Waals surface area contributed by atoms with Crippen LogP contribution in [0.3, 0.4) is 0 Å². The van der Waals surface area contributed by atoms with Gasteiger partial charge in [0.2, 0.25) is 0 Å². The van der Waals surface area contributed by atoms with Crippen molar-refractivity contribution in [2.75, 3.05) is 47.5 Å². The largest absolute Gasteiger partial charge is 0.477 e. The van der Waals surface area contributed by atoms with Crippen LogP contribution in [0.1, 0.15) is 386 Å². The van der Waals surface area contributed by atoms with Crippen LogP contribution >= 0.6 is 0 Å². The quantitative estimate of drug-likeness (QED) is 0.0211. The molecule has 0 saturated heterocycles. The topological polar surface area (TPSA) is 108 Å². The number of aliphatic carboxylic acids is 1. The molecule has 9 nitrogen and oxygen atoms in total. The number of carbonyl (C=O) groups is 3. The summed E-state index contributed by atoms with van der Waals surface area (Å²) >= 11 is 0. The van der Waals surface area contributed by atoms with Crippen molar-refractivity contribution >= 4 is 17.9 Å². The van der Waals surface area contributed by atoms with Crippen LogP contribution in [0.5, 0.6) is 0 Å². The molecule has 0 aliphatic carbocycles. The van der Waals surface area contributed by atoms with Crippen LogP contribution in [-0.4, -0.2) is 87.4 Å². The summed E-state index contributed by atoms with van der Waals surface area (Å²) < 4.78 is 23.1. The standard InChI is InChI=1S/C88H157NO8/c1-6-8-10-12-14-16-18-20-22-24-26-28-30-32-34-36-38-40-42-43-45-47-49-51-53-55-57-59-61-63-65-67-69-71-73-75-77-79-86(91)97-84(83-96-88(87(92)93)94-81-80-89(3,4)5)82-95-85(90)78-76-74-72-70-68-66-64-62-60-58-56-54-52-50-48-46-44-41-39-37-35-33-31-29-27-25-23-21-19-17-15-13-11-9-7-2/h8,10,14,16,20,22,25-28,32,34,38,40,43,45,84,88H,6-7,9,11-13,15,17-19,21,23-24,29-31,33,35-37,39,41-42,44,46-83H2,1-5H3/p+1/b10-8-,16-14-,22-20-,27-25-,28-26-,34-32-,40-38-,45-43-. The first kappa shape index (κ1) is 93.2. The van der Waals surface area contributed by atoms with Gasteiger partial charge in [-0.2, -0.15) is 0 Å². The van der Waals surface area contributed by atoms with Gasteiger partial charge in [0.05, 0.1) is 34.4 Å². The van der Waals surface area contributed by atoms with E-state index >= 15 is 0 Å². The second-order valence-electron chi connectivity index (χ2n) is 29.1. The first-order valence-corrected chi connectivity index (χ1v) is 41.4. The van der Waals surface area contributed by atoms with E-state index in [0.29, 0.717) is 17.4 Å². The lowest BCUT2D eigenvalue weighted by atomic mass is 10.0. The minimum Gasteiger partial charge on any atom is -0.477 e. The predicted octanol–water partition coefficient (Wildman–Crippen LogP) is 26.7. The molecular formula is C88H158NO8+. The number of carboxylic acid groups (broad SMARTS) is 1. The van der Waals surface area contributed by atoms with Crippen LogP contribution in [0.2, 0.25) is 0 Å². The number of carbonyl (C=O) groups excluding carboxylic acids is 2. The van der Waals surface area contributed by atoms with Crippen LogP contribution in [0.15, 0.2) is 97.2 Å². The van der Waals surface area contributed by atoms with Gasteiger partial charge in [0.25, 0.3) is 6.29 Å². The zero-order chi connectivity index (χ0) is 70.4. The summed E-state index contributed by atoms with van der Waals surface area (Å²) in [4.78, 5) is 37.8. The highest BCUT2D eigenvalue weighted by molar-refractivity contribution is 5.71. The molecule has 0 heterocycles. The minimum absolute atomic E-state index is 0.180. The van der Waals surface area contributed by atoms with Gasteiger partial charge >= 0.3 is 17.9 Å². The van der Waals surface area contributed by atoms with E-state index in [1.165, 1.54) is 276 Å². The molecular weight excluding hydrogens is 1200 g/mol. The molecule has 0 aromatic heterocycles. The summed E-state index contributed by atoms with van der Waals surface area (Å²) in [5.41, 5.74) is 0. The fourth-order valence-corrected chi connectivity index (χ4v) is 12.1. The number of carboxylic acids is 1. The van der Waals surface area contributed by atoms with E-state index < -0.39 is 24.3 Å². The van der Waals surface area contributed by atoms with E-state index in [0.717, 1.165) is 83.5 Å². The number of esters is 2. The lowest BCUT2D eigenvalue weighted by Gasteiger charge is -2.25. The Bertz CT molecular complexity index is 1920. The Morgan fingerprint density at radius 2 is 0.588 bits per heavy atom. The minimum atomic E-state index is -1.51. The molecule has 97 heavy (non-hydrogen) atoms. The van der Waals surface area contributed by atoms with E-state index in [4.69, 9.17) is 18.9 Å². The van der Waals surface area contributed by atoms with Crippen molar-refractivity contribution in [3.05, 3.63) is 97.2 Å². The van der Waals surface area contributed by atoms with Crippen molar-refractivity contribution in [1.29, 1.82) is 0 Å². The predicted molar refractivity (Wildman–Crippen MR) is 419 cm³/mol. The van der Waals surface area contributed by atoms with Crippen LogP contribution in [0.25, 0.3) is 0 Å². The third kappa shape index (κ3) is 79.4. The average Bonchev–Trinajstić information content (AvgIpc) is 3.11. The van der Waals surface area contributed by atoms with Gasteiger partial charge < -0.3 is 28.5 Å². The maximum atomic E-state index is 13.0. The van der Waals surface area contributed by atoms with E-state index in [2.05, 4.69) is 111 Å². The van der Waals surface area contributed by atoms with E-state index in [1.807, 2.05) is 21.1 Å². The average molecular weight is 1360 g/mol. The van der Waals surface area contributed by atoms with E-state index in [9.17, 15) is 19.5 Å². The highest BCUT2D eigenvalue weighted by Gasteiger charge is 2.25. The molecule has 2 atom stereocenters. The normalized spacial score (nSPS) is 13.1. The van der Waals surface area contributed by atoms with E-state index in [-0.39, 0.29) is 32.2 Å². The molecule has 562 valence electrons. The summed E-state index contributed by atoms with van der Waals surface area (Å²) in [5.74, 6) is -1.98. The summed E-state index contributed by atoms with van der Waals surface area (Å²) in [7, 11) is 5.99. The first-order chi connectivity index (χ1) is 47.6. The monoisotopic (exact) mass is 1360 g/mol. The van der Waals surface area contributed by atoms with Crippen LogP contribution in [0, 0.1) is 0 Å². The first-order valence-electron chi connectivity index (χ1n) is 41.4. The van der Waals surface area contributed by atoms with Gasteiger partial charge in [0.1, 0.15) is 13.2 Å². The highest BCUT2D eigenvalue weighted by atomic mass is 16.7. The zero-order valence-electron chi connectivity index (χ0n) is 64.5. The van der Waals surface area contributed by atoms with Crippen molar-refractivity contribution in [3.8, 4) is 0 Å². The Balaban J connectivity index is 4.00. The molecule has 0 aliphatic rings. The maximum Gasteiger partial charge on any atom is 0.361 e. The summed E-state index contributed by atoms with van der Waals surface area (Å²) in [6, 6.07) is 0. The van der Waals surface area contributed by atoms with E-state index in [1.54, 1.807) is 0 Å². The number of unbranched alkanes of at least 4 members (excludes halogenated alkanes) is 46. The number of allylic oxidation sites excluding steroid dienone is 16. The van der Waals surface area contributed by atoms with Gasteiger partial charge in [-0.1, -0.05) is 374 Å². The Hall–Kier alpha value is -3.79. The smallest absolute Gasteiger partial charge is 0.361 e. The highest BCUT2D eigenvalue weighted by Crippen LogP contribution is 2.19. The summed E-state index contributed by atoms with van der Waals surface area (Å²) in [6.45, 7) is 4.82. The van der Waals surface area contributed by atoms with Crippen LogP contribution in [0.4, 0.5) is 0 Å². The van der Waals surface area contributed by atoms with Gasteiger partial charge in [-0.15, -0.1) is 0 Å². The second kappa shape index (κ2) is 77.9. The van der Waals surface area contributed by atoms with Gasteiger partial charge in [0.15, 0.2) is 6.10 Å². The number of hydrogen-bond donors (Lipinski definition) is 1. The molecule has 0 rings (SSSR count). The molecule has 0 fully saturated rings. The van der Waals surface area contributed by atoms with Gasteiger partial charge in [-0.05, 0) is 96.3 Å². The van der Waals surface area contributed by atoms with Gasteiger partial charge in [-0.25, -0.2) is 4.79 Å². The SMILES string of the molecule is CC/C=C\C/C=C\C/C=C\C/C=C\C/C=C\C/C=C\C/C=C\CCCCCCCCCCCCCCCCCC(=O)OC(COC(=O)CCCCCCCCCCCCCCCCCCCCCCCCC/C=C\CCCCCCCCCC)COC(OCC[N+](C)(C)C)C(=O)O. The molecule has 9 heteroatoms. The summed E-state index contributed by atoms with van der Waals surface area (Å²) in [5, 5.41) is 9.78. The number of quaternary nitrogens is 1. The molecule has 0 saturated carbocycles. The lowest BCUT2D eigenvalue weighted by molar-refractivity contribution is -0.870. The van der Waals surface area contributed by atoms with Crippen LogP contribution < -0.4 is 0 Å². The van der Waals surface area contributed by atoms with Crippen molar-refractivity contribution < 1.29 is 42.9 Å². The maximum absolute atomic E-state index is 13.0. The molecule has 0 spiro atoms. The number of nitrogens with zero attached hydrogens (tertiary/aromatic N) is 1. The molecule has 0 amide bonds. The Morgan fingerprint density at radius 1 is 0.320 bits per heavy atom. The molecule has 0 radical (unpaired) electrons. The second-order valence-corrected chi connectivity index (χ2v) is 29.1. The third-order valence-corrected chi connectivity index (χ3v) is 18.3. The van der Waals surface area contributed by atoms with Crippen LogP contribution in [-0.2, 0) is 33.3 Å². The van der Waals surface area contributed by atoms with Gasteiger partial charge in [0, 0.05) is 12.8 Å². The number of ether oxygens (including phenoxy) is 4. The van der Waals surface area contributed by atoms with Crippen molar-refractivity contribution in [2.45, 2.75) is 399 Å². The molecule has 0 aliphatic heterocycles. The van der Waals surface area contributed by atoms with Crippen molar-refractivity contribution in [1.82, 2.24) is 0 Å². The third-order valence-electron chi connectivity index (χ3n) is 18.3. The molecule has 1 N–H and O–H groups in total. The Morgan fingerprint density at radius 3 is 0.887 bits per heavy atom. The number of likely N-dealkylation sites (N-methyl/N-ethyl adjacent to an activating group) is 1. The van der Waals surface area contributed by atoms with Crippen molar-refractivity contribution in [3.63, 3.8) is 0 Å². The lowest BCUT2D eigenvalue weighted by Crippen LogP contribution is -2.40. The Labute approximate surface area is 601 Å². The molecule has 0 aromatic rings. The van der Waals surface area contributed by atoms with Gasteiger partial charge in [-0.3, -0.25) is 9.59 Å². The number of rotatable bonds is 77. The zero-order valence-corrected chi connectivity index (χ0v) is 64.5. The number of hydrogen-bond acceptors (Lipinski definition) is 7. The fraction of sp³-hybridized carbons (Fsp3) is 0.784. The Kier molecular flexibility index (Phi) is 74.9.